The molecule has 1 rings (SSSR count). The molecule has 1 heterocycles. The van der Waals surface area contributed by atoms with Crippen LogP contribution in [0, 0.1) is 0 Å². The molecule has 0 N–H and O–H groups in total. The Kier molecular flexibility index (Phi) is 6.43. The molecule has 1 aliphatic heterocycles. The lowest BCUT2D eigenvalue weighted by Gasteiger charge is -2.30. The third-order valence-corrected chi connectivity index (χ3v) is 3.54. The van der Waals surface area contributed by atoms with Crippen molar-refractivity contribution in [2.75, 3.05) is 20.3 Å². The molecule has 0 aliphatic carbocycles. The first kappa shape index (κ1) is 17.4. The zero-order valence-corrected chi connectivity index (χ0v) is 13.4. The Morgan fingerprint density at radius 3 is 2.30 bits per heavy atom. The Morgan fingerprint density at radius 2 is 1.90 bits per heavy atom. The summed E-state index contributed by atoms with van der Waals surface area (Å²) < 4.78 is 22.0. The quantitative estimate of drug-likeness (QED) is 0.643. The number of carbonyl (C=O) groups excluding carboxylic acids is 1. The van der Waals surface area contributed by atoms with Gasteiger partial charge in [0.15, 0.2) is 11.4 Å². The highest BCUT2D eigenvalue weighted by Gasteiger charge is 2.40. The maximum Gasteiger partial charge on any atom is 0.338 e. The fourth-order valence-electron chi connectivity index (χ4n) is 2.57. The van der Waals surface area contributed by atoms with Gasteiger partial charge in [0.25, 0.3) is 0 Å². The smallest absolute Gasteiger partial charge is 0.338 e. The van der Waals surface area contributed by atoms with Gasteiger partial charge in [-0.05, 0) is 26.7 Å². The summed E-state index contributed by atoms with van der Waals surface area (Å²) in [5.41, 5.74) is -0.821. The lowest BCUT2D eigenvalue weighted by molar-refractivity contribution is -0.179. The van der Waals surface area contributed by atoms with Gasteiger partial charge in [-0.3, -0.25) is 0 Å². The van der Waals surface area contributed by atoms with Crippen LogP contribution in [0.4, 0.5) is 0 Å². The van der Waals surface area contributed by atoms with Crippen LogP contribution < -0.4 is 0 Å². The molecule has 1 fully saturated rings. The molecule has 1 aliphatic rings. The molecule has 0 spiro atoms. The number of hydrogen-bond acceptors (Lipinski definition) is 5. The number of esters is 1. The van der Waals surface area contributed by atoms with Crippen LogP contribution in [0.2, 0.25) is 0 Å². The van der Waals surface area contributed by atoms with Gasteiger partial charge in [0.2, 0.25) is 0 Å². The second kappa shape index (κ2) is 7.38. The van der Waals surface area contributed by atoms with Crippen molar-refractivity contribution in [1.29, 1.82) is 0 Å². The van der Waals surface area contributed by atoms with Gasteiger partial charge in [0.1, 0.15) is 12.7 Å². The van der Waals surface area contributed by atoms with E-state index in [0.717, 1.165) is 12.8 Å². The highest BCUT2D eigenvalue weighted by molar-refractivity contribution is 5.79. The molecule has 0 aromatic carbocycles. The van der Waals surface area contributed by atoms with E-state index in [9.17, 15) is 4.79 Å². The summed E-state index contributed by atoms with van der Waals surface area (Å²) in [6, 6.07) is 0. The molecule has 20 heavy (non-hydrogen) atoms. The minimum absolute atomic E-state index is 0.202. The molecule has 5 nitrogen and oxygen atoms in total. The molecule has 1 saturated heterocycles. The van der Waals surface area contributed by atoms with Gasteiger partial charge in [0, 0.05) is 7.11 Å². The molecule has 0 aromatic heterocycles. The second-order valence-electron chi connectivity index (χ2n) is 5.75. The molecule has 0 saturated carbocycles. The Hall–Kier alpha value is -0.650. The summed E-state index contributed by atoms with van der Waals surface area (Å²) >= 11 is 0. The van der Waals surface area contributed by atoms with Crippen LogP contribution in [0.25, 0.3) is 0 Å². The van der Waals surface area contributed by atoms with E-state index in [2.05, 4.69) is 0 Å². The molecule has 0 bridgehead atoms. The van der Waals surface area contributed by atoms with Crippen LogP contribution in [0.1, 0.15) is 53.4 Å². The molecule has 118 valence electrons. The predicted octanol–water partition coefficient (Wildman–Crippen LogP) is 2.67. The fraction of sp³-hybridized carbons (Fsp3) is 0.933. The lowest BCUT2D eigenvalue weighted by atomic mass is 9.92. The van der Waals surface area contributed by atoms with Crippen molar-refractivity contribution in [3.8, 4) is 0 Å². The van der Waals surface area contributed by atoms with Crippen LogP contribution in [-0.2, 0) is 23.7 Å². The lowest BCUT2D eigenvalue weighted by Crippen LogP contribution is -2.43. The number of carbonyl (C=O) groups is 1. The van der Waals surface area contributed by atoms with Crippen molar-refractivity contribution in [3.63, 3.8) is 0 Å². The first-order valence-electron chi connectivity index (χ1n) is 7.43. The van der Waals surface area contributed by atoms with Crippen LogP contribution in [0.3, 0.4) is 0 Å². The SMILES string of the molecule is CCCC(CCC)(OC)C(=O)OCC1COC(C)(C)O1. The van der Waals surface area contributed by atoms with E-state index in [4.69, 9.17) is 18.9 Å². The average molecular weight is 288 g/mol. The second-order valence-corrected chi connectivity index (χ2v) is 5.75. The minimum Gasteiger partial charge on any atom is -0.461 e. The largest absolute Gasteiger partial charge is 0.461 e. The van der Waals surface area contributed by atoms with Crippen LogP contribution in [0.5, 0.6) is 0 Å². The van der Waals surface area contributed by atoms with Gasteiger partial charge in [-0.25, -0.2) is 4.79 Å². The molecule has 5 heteroatoms. The van der Waals surface area contributed by atoms with E-state index in [1.165, 1.54) is 0 Å². The maximum absolute atomic E-state index is 12.4. The van der Waals surface area contributed by atoms with Crippen molar-refractivity contribution in [2.24, 2.45) is 0 Å². The summed E-state index contributed by atoms with van der Waals surface area (Å²) in [5, 5.41) is 0. The third-order valence-electron chi connectivity index (χ3n) is 3.54. The summed E-state index contributed by atoms with van der Waals surface area (Å²) in [6.07, 6.45) is 2.89. The van der Waals surface area contributed by atoms with Gasteiger partial charge < -0.3 is 18.9 Å². The highest BCUT2D eigenvalue weighted by atomic mass is 16.7. The van der Waals surface area contributed by atoms with E-state index >= 15 is 0 Å². The zero-order valence-electron chi connectivity index (χ0n) is 13.4. The van der Waals surface area contributed by atoms with Crippen LogP contribution in [0.15, 0.2) is 0 Å². The average Bonchev–Trinajstić information content (AvgIpc) is 2.75. The zero-order chi connectivity index (χ0) is 15.2. The molecular formula is C15H28O5. The standard InChI is InChI=1S/C15H28O5/c1-6-8-15(17-5,9-7-2)13(16)18-10-12-11-19-14(3,4)20-12/h12H,6-11H2,1-5H3. The molecule has 0 aromatic rings. The van der Waals surface area contributed by atoms with Crippen LogP contribution >= 0.6 is 0 Å². The van der Waals surface area contributed by atoms with E-state index in [1.54, 1.807) is 7.11 Å². The summed E-state index contributed by atoms with van der Waals surface area (Å²) in [7, 11) is 1.57. The predicted molar refractivity (Wildman–Crippen MR) is 75.4 cm³/mol. The molecular weight excluding hydrogens is 260 g/mol. The highest BCUT2D eigenvalue weighted by Crippen LogP contribution is 2.27. The fourth-order valence-corrected chi connectivity index (χ4v) is 2.57. The first-order valence-corrected chi connectivity index (χ1v) is 7.43. The minimum atomic E-state index is -0.821. The summed E-state index contributed by atoms with van der Waals surface area (Å²) in [5.74, 6) is -0.889. The van der Waals surface area contributed by atoms with Crippen molar-refractivity contribution in [3.05, 3.63) is 0 Å². The van der Waals surface area contributed by atoms with E-state index in [-0.39, 0.29) is 18.7 Å². The van der Waals surface area contributed by atoms with Crippen molar-refractivity contribution >= 4 is 5.97 Å². The summed E-state index contributed by atoms with van der Waals surface area (Å²) in [6.45, 7) is 8.42. The topological polar surface area (TPSA) is 54.0 Å². The molecule has 1 atom stereocenters. The first-order chi connectivity index (χ1) is 9.39. The Labute approximate surface area is 121 Å². The number of rotatable bonds is 8. The molecule has 0 amide bonds. The van der Waals surface area contributed by atoms with Gasteiger partial charge in [-0.1, -0.05) is 26.7 Å². The van der Waals surface area contributed by atoms with Gasteiger partial charge in [-0.15, -0.1) is 0 Å². The van der Waals surface area contributed by atoms with Crippen molar-refractivity contribution in [1.82, 2.24) is 0 Å². The van der Waals surface area contributed by atoms with Gasteiger partial charge in [-0.2, -0.15) is 0 Å². The Balaban J connectivity index is 2.54. The van der Waals surface area contributed by atoms with Crippen molar-refractivity contribution < 1.29 is 23.7 Å². The number of ether oxygens (including phenoxy) is 4. The number of methoxy groups -OCH3 is 1. The maximum atomic E-state index is 12.4. The monoisotopic (exact) mass is 288 g/mol. The summed E-state index contributed by atoms with van der Waals surface area (Å²) in [4.78, 5) is 12.4. The van der Waals surface area contributed by atoms with E-state index in [1.807, 2.05) is 27.7 Å². The third kappa shape index (κ3) is 4.43. The number of hydrogen-bond donors (Lipinski definition) is 0. The van der Waals surface area contributed by atoms with E-state index < -0.39 is 11.4 Å². The normalized spacial score (nSPS) is 21.9. The molecule has 0 radical (unpaired) electrons. The van der Waals surface area contributed by atoms with Crippen molar-refractivity contribution in [2.45, 2.75) is 70.9 Å². The van der Waals surface area contributed by atoms with Gasteiger partial charge in [0.05, 0.1) is 6.61 Å². The van der Waals surface area contributed by atoms with Crippen LogP contribution in [-0.4, -0.2) is 43.8 Å². The van der Waals surface area contributed by atoms with Gasteiger partial charge >= 0.3 is 5.97 Å². The Bertz CT molecular complexity index is 307. The molecule has 1 unspecified atom stereocenters. The Morgan fingerprint density at radius 1 is 1.30 bits per heavy atom. The van der Waals surface area contributed by atoms with E-state index in [0.29, 0.717) is 19.4 Å².